The monoisotopic (exact) mass is 241 g/mol. The number of rotatable bonds is 2. The number of aromatic amines is 1. The molecule has 90 valence electrons. The summed E-state index contributed by atoms with van der Waals surface area (Å²) in [4.78, 5) is 23.6. The Balaban J connectivity index is 2.21. The highest BCUT2D eigenvalue weighted by molar-refractivity contribution is 6.08. The number of nitrogens with zero attached hydrogens (tertiary/aromatic N) is 1. The van der Waals surface area contributed by atoms with Crippen molar-refractivity contribution >= 4 is 27.8 Å². The molecule has 0 radical (unpaired) electrons. The molecule has 0 unspecified atom stereocenters. The molecule has 5 nitrogen and oxygen atoms in total. The number of carbonyl (C=O) groups is 1. The molecule has 18 heavy (non-hydrogen) atoms. The Morgan fingerprint density at radius 1 is 1.28 bits per heavy atom. The molecule has 2 aromatic heterocycles. The summed E-state index contributed by atoms with van der Waals surface area (Å²) in [6.45, 7) is 0. The number of fused-ring (bicyclic) bond motifs is 3. The normalized spacial score (nSPS) is 10.9. The van der Waals surface area contributed by atoms with Gasteiger partial charge in [0.05, 0.1) is 11.7 Å². The summed E-state index contributed by atoms with van der Waals surface area (Å²) < 4.78 is 0. The average molecular weight is 241 g/mol. The molecule has 0 saturated carbocycles. The van der Waals surface area contributed by atoms with E-state index in [9.17, 15) is 4.79 Å². The number of hydroxylamine groups is 1. The van der Waals surface area contributed by atoms with Crippen molar-refractivity contribution in [1.29, 1.82) is 0 Å². The van der Waals surface area contributed by atoms with Crippen LogP contribution in [0, 0.1) is 0 Å². The number of hydrogen-bond acceptors (Lipinski definition) is 4. The number of hydrogen-bond donors (Lipinski definition) is 2. The summed E-state index contributed by atoms with van der Waals surface area (Å²) in [5, 5.41) is 2.03. The van der Waals surface area contributed by atoms with Gasteiger partial charge in [-0.15, -0.1) is 0 Å². The minimum absolute atomic E-state index is 0.279. The van der Waals surface area contributed by atoms with Gasteiger partial charge >= 0.3 is 5.97 Å². The van der Waals surface area contributed by atoms with Crippen LogP contribution >= 0.6 is 0 Å². The van der Waals surface area contributed by atoms with E-state index in [2.05, 4.69) is 15.4 Å². The van der Waals surface area contributed by atoms with Gasteiger partial charge in [0.1, 0.15) is 0 Å². The number of pyridine rings is 1. The number of para-hydroxylation sites is 1. The van der Waals surface area contributed by atoms with Crippen molar-refractivity contribution in [2.75, 3.05) is 7.05 Å². The molecule has 0 bridgehead atoms. The predicted octanol–water partition coefficient (Wildman–Crippen LogP) is 2.01. The maximum absolute atomic E-state index is 11.6. The van der Waals surface area contributed by atoms with E-state index in [-0.39, 0.29) is 5.69 Å². The molecule has 0 saturated heterocycles. The molecule has 0 spiro atoms. The van der Waals surface area contributed by atoms with Gasteiger partial charge in [-0.25, -0.2) is 9.78 Å². The fourth-order valence-corrected chi connectivity index (χ4v) is 2.01. The fourth-order valence-electron chi connectivity index (χ4n) is 2.01. The lowest BCUT2D eigenvalue weighted by molar-refractivity contribution is 0.0303. The highest BCUT2D eigenvalue weighted by atomic mass is 16.7. The molecule has 3 rings (SSSR count). The molecular weight excluding hydrogens is 230 g/mol. The number of carbonyl (C=O) groups excluding carboxylic acids is 1. The standard InChI is InChI=1S/C13H11N3O2/c1-14-18-13(17)11-6-9-8-4-2-3-5-10(8)16-12(9)7-15-11/h2-7,14,16H,1H3. The second-order valence-corrected chi connectivity index (χ2v) is 3.88. The van der Waals surface area contributed by atoms with Crippen LogP contribution in [0.25, 0.3) is 21.8 Å². The van der Waals surface area contributed by atoms with Gasteiger partial charge in [-0.2, -0.15) is 5.48 Å². The van der Waals surface area contributed by atoms with E-state index < -0.39 is 5.97 Å². The summed E-state index contributed by atoms with van der Waals surface area (Å²) in [6.07, 6.45) is 1.64. The third-order valence-corrected chi connectivity index (χ3v) is 2.79. The van der Waals surface area contributed by atoms with E-state index >= 15 is 0 Å². The van der Waals surface area contributed by atoms with Crippen molar-refractivity contribution in [1.82, 2.24) is 15.4 Å². The minimum Gasteiger partial charge on any atom is -0.366 e. The molecule has 2 heterocycles. The van der Waals surface area contributed by atoms with Gasteiger partial charge in [0.25, 0.3) is 0 Å². The summed E-state index contributed by atoms with van der Waals surface area (Å²) >= 11 is 0. The van der Waals surface area contributed by atoms with E-state index in [1.165, 1.54) is 7.05 Å². The third kappa shape index (κ3) is 1.61. The summed E-state index contributed by atoms with van der Waals surface area (Å²) in [7, 11) is 1.53. The molecule has 0 aliphatic rings. The fraction of sp³-hybridized carbons (Fsp3) is 0.0769. The molecular formula is C13H11N3O2. The van der Waals surface area contributed by atoms with Crippen molar-refractivity contribution < 1.29 is 9.63 Å². The number of benzene rings is 1. The van der Waals surface area contributed by atoms with Crippen LogP contribution in [-0.4, -0.2) is 23.0 Å². The van der Waals surface area contributed by atoms with E-state index in [0.717, 1.165) is 21.8 Å². The predicted molar refractivity (Wildman–Crippen MR) is 68.1 cm³/mol. The smallest absolute Gasteiger partial charge is 0.366 e. The third-order valence-electron chi connectivity index (χ3n) is 2.79. The Hall–Kier alpha value is -2.40. The first-order valence-electron chi connectivity index (χ1n) is 5.54. The Bertz CT molecular complexity index is 733. The molecule has 1 aromatic carbocycles. The molecule has 0 amide bonds. The van der Waals surface area contributed by atoms with Crippen LogP contribution in [0.3, 0.4) is 0 Å². The lowest BCUT2D eigenvalue weighted by atomic mass is 10.1. The number of nitrogens with one attached hydrogen (secondary N) is 2. The van der Waals surface area contributed by atoms with Gasteiger partial charge in [0.15, 0.2) is 5.69 Å². The van der Waals surface area contributed by atoms with Crippen molar-refractivity contribution in [2.45, 2.75) is 0 Å². The number of H-pyrrole nitrogens is 1. The average Bonchev–Trinajstić information content (AvgIpc) is 2.76. The van der Waals surface area contributed by atoms with Crippen LogP contribution < -0.4 is 5.48 Å². The second kappa shape index (κ2) is 4.12. The first kappa shape index (κ1) is 10.7. The van der Waals surface area contributed by atoms with Crippen molar-refractivity contribution in [3.05, 3.63) is 42.2 Å². The summed E-state index contributed by atoms with van der Waals surface area (Å²) in [5.74, 6) is -0.496. The Kier molecular flexibility index (Phi) is 2.46. The maximum atomic E-state index is 11.6. The zero-order valence-electron chi connectivity index (χ0n) is 9.73. The molecule has 0 fully saturated rings. The van der Waals surface area contributed by atoms with Crippen LogP contribution in [0.2, 0.25) is 0 Å². The quantitative estimate of drug-likeness (QED) is 0.673. The lowest BCUT2D eigenvalue weighted by Gasteiger charge is -2.00. The van der Waals surface area contributed by atoms with Gasteiger partial charge in [-0.3, -0.25) is 0 Å². The Morgan fingerprint density at radius 3 is 2.94 bits per heavy atom. The zero-order valence-corrected chi connectivity index (χ0v) is 9.73. The maximum Gasteiger partial charge on any atom is 0.375 e. The van der Waals surface area contributed by atoms with Gasteiger partial charge < -0.3 is 9.82 Å². The van der Waals surface area contributed by atoms with Gasteiger partial charge in [0, 0.05) is 23.3 Å². The van der Waals surface area contributed by atoms with Crippen LogP contribution in [-0.2, 0) is 4.84 Å². The van der Waals surface area contributed by atoms with E-state index in [4.69, 9.17) is 4.84 Å². The molecule has 5 heteroatoms. The molecule has 0 aliphatic carbocycles. The van der Waals surface area contributed by atoms with E-state index in [1.54, 1.807) is 12.3 Å². The van der Waals surface area contributed by atoms with E-state index in [1.807, 2.05) is 24.3 Å². The Morgan fingerprint density at radius 2 is 2.11 bits per heavy atom. The van der Waals surface area contributed by atoms with Crippen molar-refractivity contribution in [3.8, 4) is 0 Å². The summed E-state index contributed by atoms with van der Waals surface area (Å²) in [6, 6.07) is 9.64. The Labute approximate surface area is 103 Å². The zero-order chi connectivity index (χ0) is 12.5. The second-order valence-electron chi connectivity index (χ2n) is 3.88. The van der Waals surface area contributed by atoms with Gasteiger partial charge in [-0.1, -0.05) is 18.2 Å². The van der Waals surface area contributed by atoms with Crippen molar-refractivity contribution in [3.63, 3.8) is 0 Å². The highest BCUT2D eigenvalue weighted by Gasteiger charge is 2.11. The molecule has 0 atom stereocenters. The largest absolute Gasteiger partial charge is 0.375 e. The van der Waals surface area contributed by atoms with Crippen molar-refractivity contribution in [2.24, 2.45) is 0 Å². The van der Waals surface area contributed by atoms with Gasteiger partial charge in [-0.05, 0) is 12.1 Å². The summed E-state index contributed by atoms with van der Waals surface area (Å²) in [5.41, 5.74) is 4.55. The van der Waals surface area contributed by atoms with Crippen LogP contribution in [0.4, 0.5) is 0 Å². The topological polar surface area (TPSA) is 67.0 Å². The minimum atomic E-state index is -0.496. The van der Waals surface area contributed by atoms with Gasteiger partial charge in [0.2, 0.25) is 0 Å². The molecule has 0 aliphatic heterocycles. The first-order chi connectivity index (χ1) is 8.79. The lowest BCUT2D eigenvalue weighted by Crippen LogP contribution is -2.16. The molecule has 2 N–H and O–H groups in total. The van der Waals surface area contributed by atoms with Crippen LogP contribution in [0.1, 0.15) is 10.5 Å². The van der Waals surface area contributed by atoms with Crippen LogP contribution in [0.15, 0.2) is 36.5 Å². The van der Waals surface area contributed by atoms with E-state index in [0.29, 0.717) is 0 Å². The SMILES string of the molecule is CNOC(=O)c1cc2c(cn1)[nH]c1ccccc12. The highest BCUT2D eigenvalue weighted by Crippen LogP contribution is 2.24. The first-order valence-corrected chi connectivity index (χ1v) is 5.54. The molecule has 3 aromatic rings. The van der Waals surface area contributed by atoms with Crippen LogP contribution in [0.5, 0.6) is 0 Å². The number of aromatic nitrogens is 2.